The highest BCUT2D eigenvalue weighted by molar-refractivity contribution is 5.62. The van der Waals surface area contributed by atoms with Gasteiger partial charge in [-0.15, -0.1) is 0 Å². The van der Waals surface area contributed by atoms with E-state index in [2.05, 4.69) is 37.2 Å². The first-order valence-corrected chi connectivity index (χ1v) is 7.61. The van der Waals surface area contributed by atoms with Crippen molar-refractivity contribution in [1.82, 2.24) is 14.5 Å². The number of methoxy groups -OCH3 is 1. The molecule has 4 nitrogen and oxygen atoms in total. The Hall–Kier alpha value is -2.30. The van der Waals surface area contributed by atoms with E-state index in [1.807, 2.05) is 17.8 Å². The molecular weight excluding hydrogens is 293 g/mol. The van der Waals surface area contributed by atoms with E-state index in [1.165, 1.54) is 13.2 Å². The molecule has 23 heavy (non-hydrogen) atoms. The van der Waals surface area contributed by atoms with Gasteiger partial charge in [0.05, 0.1) is 12.8 Å². The Kier molecular flexibility index (Phi) is 4.78. The zero-order valence-corrected chi connectivity index (χ0v) is 14.4. The van der Waals surface area contributed by atoms with Crippen LogP contribution in [-0.2, 0) is 0 Å². The fourth-order valence-corrected chi connectivity index (χ4v) is 2.19. The lowest BCUT2D eigenvalue weighted by molar-refractivity contribution is 0.223. The Morgan fingerprint density at radius 3 is 2.74 bits per heavy atom. The minimum Gasteiger partial charge on any atom is -0.494 e. The standard InChI is InChI=1S/C18H24FN3O/c1-7-18(3,4)21(5)13(2)22-11-16(20-12-22)14-8-9-15(19)17(10-14)23-6/h8-12H,2,7H2,1,3-6H3. The molecule has 0 atom stereocenters. The molecule has 1 aromatic heterocycles. The zero-order valence-electron chi connectivity index (χ0n) is 14.4. The van der Waals surface area contributed by atoms with Crippen molar-refractivity contribution in [2.45, 2.75) is 32.7 Å². The van der Waals surface area contributed by atoms with Crippen molar-refractivity contribution < 1.29 is 9.13 Å². The number of halogens is 1. The summed E-state index contributed by atoms with van der Waals surface area (Å²) in [5.74, 6) is 0.661. The number of rotatable bonds is 6. The second-order valence-corrected chi connectivity index (χ2v) is 6.16. The van der Waals surface area contributed by atoms with Crippen LogP contribution in [0.2, 0.25) is 0 Å². The Bertz CT molecular complexity index is 706. The smallest absolute Gasteiger partial charge is 0.165 e. The summed E-state index contributed by atoms with van der Waals surface area (Å²) in [4.78, 5) is 6.53. The van der Waals surface area contributed by atoms with Crippen LogP contribution in [0.4, 0.5) is 4.39 Å². The minimum absolute atomic E-state index is 0.000608. The van der Waals surface area contributed by atoms with Crippen LogP contribution in [0.25, 0.3) is 17.1 Å². The van der Waals surface area contributed by atoms with E-state index >= 15 is 0 Å². The van der Waals surface area contributed by atoms with E-state index in [9.17, 15) is 4.39 Å². The van der Waals surface area contributed by atoms with Gasteiger partial charge in [-0.25, -0.2) is 9.37 Å². The van der Waals surface area contributed by atoms with Crippen LogP contribution < -0.4 is 4.74 Å². The molecule has 2 rings (SSSR count). The average molecular weight is 317 g/mol. The molecule has 124 valence electrons. The Labute approximate surface area is 137 Å². The van der Waals surface area contributed by atoms with Gasteiger partial charge in [-0.3, -0.25) is 4.57 Å². The lowest BCUT2D eigenvalue weighted by Crippen LogP contribution is -2.40. The van der Waals surface area contributed by atoms with Gasteiger partial charge in [0.2, 0.25) is 0 Å². The number of imidazole rings is 1. The number of aromatic nitrogens is 2. The second-order valence-electron chi connectivity index (χ2n) is 6.16. The number of ether oxygens (including phenoxy) is 1. The van der Waals surface area contributed by atoms with Crippen molar-refractivity contribution in [2.24, 2.45) is 0 Å². The summed E-state index contributed by atoms with van der Waals surface area (Å²) in [5.41, 5.74) is 1.54. The van der Waals surface area contributed by atoms with Gasteiger partial charge in [-0.05, 0) is 38.5 Å². The highest BCUT2D eigenvalue weighted by Gasteiger charge is 2.23. The highest BCUT2D eigenvalue weighted by Crippen LogP contribution is 2.27. The third-order valence-electron chi connectivity index (χ3n) is 4.49. The average Bonchev–Trinajstić information content (AvgIpc) is 3.03. The Morgan fingerprint density at radius 1 is 1.43 bits per heavy atom. The van der Waals surface area contributed by atoms with E-state index in [4.69, 9.17) is 4.74 Å². The van der Waals surface area contributed by atoms with Crippen LogP contribution in [0.5, 0.6) is 5.75 Å². The maximum Gasteiger partial charge on any atom is 0.165 e. The first-order valence-electron chi connectivity index (χ1n) is 7.61. The predicted molar refractivity (Wildman–Crippen MR) is 91.6 cm³/mol. The molecule has 0 spiro atoms. The van der Waals surface area contributed by atoms with E-state index in [0.29, 0.717) is 0 Å². The molecule has 0 aliphatic heterocycles. The number of hydrogen-bond donors (Lipinski definition) is 0. The summed E-state index contributed by atoms with van der Waals surface area (Å²) < 4.78 is 20.4. The number of benzene rings is 1. The van der Waals surface area contributed by atoms with Crippen molar-refractivity contribution >= 4 is 5.82 Å². The molecule has 0 aliphatic carbocycles. The van der Waals surface area contributed by atoms with Gasteiger partial charge in [0.1, 0.15) is 12.1 Å². The first kappa shape index (κ1) is 17.1. The summed E-state index contributed by atoms with van der Waals surface area (Å²) >= 11 is 0. The first-order chi connectivity index (χ1) is 10.8. The monoisotopic (exact) mass is 317 g/mol. The zero-order chi connectivity index (χ0) is 17.2. The van der Waals surface area contributed by atoms with Crippen LogP contribution in [0, 0.1) is 5.82 Å². The largest absolute Gasteiger partial charge is 0.494 e. The maximum atomic E-state index is 13.5. The van der Waals surface area contributed by atoms with Crippen LogP contribution in [-0.4, -0.2) is 34.1 Å². The topological polar surface area (TPSA) is 30.3 Å². The van der Waals surface area contributed by atoms with E-state index in [1.54, 1.807) is 18.5 Å². The van der Waals surface area contributed by atoms with Gasteiger partial charge in [-0.1, -0.05) is 13.5 Å². The molecule has 0 bridgehead atoms. The minimum atomic E-state index is -0.385. The summed E-state index contributed by atoms with van der Waals surface area (Å²) in [6.45, 7) is 10.6. The highest BCUT2D eigenvalue weighted by atomic mass is 19.1. The Balaban J connectivity index is 2.29. The lowest BCUT2D eigenvalue weighted by atomic mass is 10.0. The van der Waals surface area contributed by atoms with Gasteiger partial charge in [0, 0.05) is 24.3 Å². The molecule has 0 amide bonds. The maximum absolute atomic E-state index is 13.5. The van der Waals surface area contributed by atoms with Gasteiger partial charge in [0.25, 0.3) is 0 Å². The van der Waals surface area contributed by atoms with E-state index in [-0.39, 0.29) is 17.1 Å². The van der Waals surface area contributed by atoms with Crippen molar-refractivity contribution in [3.8, 4) is 17.0 Å². The summed E-state index contributed by atoms with van der Waals surface area (Å²) in [6, 6.07) is 4.71. The van der Waals surface area contributed by atoms with Crippen molar-refractivity contribution in [2.75, 3.05) is 14.2 Å². The third-order valence-corrected chi connectivity index (χ3v) is 4.49. The Morgan fingerprint density at radius 2 is 2.13 bits per heavy atom. The third kappa shape index (κ3) is 3.38. The molecule has 0 fully saturated rings. The van der Waals surface area contributed by atoms with E-state index in [0.717, 1.165) is 23.5 Å². The molecule has 0 saturated carbocycles. The number of nitrogens with zero attached hydrogens (tertiary/aromatic N) is 3. The summed E-state index contributed by atoms with van der Waals surface area (Å²) in [6.07, 6.45) is 4.60. The number of hydrogen-bond acceptors (Lipinski definition) is 3. The molecule has 0 radical (unpaired) electrons. The van der Waals surface area contributed by atoms with Gasteiger partial charge >= 0.3 is 0 Å². The van der Waals surface area contributed by atoms with Crippen LogP contribution in [0.1, 0.15) is 27.2 Å². The molecule has 0 aliphatic rings. The molecule has 5 heteroatoms. The summed E-state index contributed by atoms with van der Waals surface area (Å²) in [7, 11) is 3.47. The van der Waals surface area contributed by atoms with Crippen LogP contribution >= 0.6 is 0 Å². The fraction of sp³-hybridized carbons (Fsp3) is 0.389. The molecule has 2 aromatic rings. The van der Waals surface area contributed by atoms with Crippen molar-refractivity contribution in [3.63, 3.8) is 0 Å². The van der Waals surface area contributed by atoms with Gasteiger partial charge in [-0.2, -0.15) is 0 Å². The molecule has 0 N–H and O–H groups in total. The SMILES string of the molecule is C=C(N(C)C(C)(C)CC)n1cnc(-c2ccc(F)c(OC)c2)c1. The predicted octanol–water partition coefficient (Wildman–Crippen LogP) is 4.25. The normalized spacial score (nSPS) is 11.4. The second kappa shape index (κ2) is 6.44. The van der Waals surface area contributed by atoms with Gasteiger partial charge < -0.3 is 9.64 Å². The fourth-order valence-electron chi connectivity index (χ4n) is 2.19. The van der Waals surface area contributed by atoms with Crippen molar-refractivity contribution in [1.29, 1.82) is 0 Å². The molecule has 0 saturated heterocycles. The lowest BCUT2D eigenvalue weighted by Gasteiger charge is -2.37. The van der Waals surface area contributed by atoms with Crippen LogP contribution in [0.15, 0.2) is 37.3 Å². The quantitative estimate of drug-likeness (QED) is 0.798. The van der Waals surface area contributed by atoms with E-state index < -0.39 is 0 Å². The van der Waals surface area contributed by atoms with Crippen molar-refractivity contribution in [3.05, 3.63) is 43.1 Å². The van der Waals surface area contributed by atoms with Crippen LogP contribution in [0.3, 0.4) is 0 Å². The van der Waals surface area contributed by atoms with Gasteiger partial charge in [0.15, 0.2) is 11.6 Å². The molecule has 1 aromatic carbocycles. The summed E-state index contributed by atoms with van der Waals surface area (Å²) in [5, 5.41) is 0. The molecular formula is C18H24FN3O. The molecule has 1 heterocycles. The molecule has 0 unspecified atom stereocenters.